The Kier molecular flexibility index (Phi) is 8.12. The summed E-state index contributed by atoms with van der Waals surface area (Å²) in [6.45, 7) is 3.33. The Labute approximate surface area is 210 Å². The number of carbonyl (C=O) groups excluding carboxylic acids is 2. The van der Waals surface area contributed by atoms with Crippen LogP contribution in [0.25, 0.3) is 22.2 Å². The molecule has 4 rings (SSSR count). The van der Waals surface area contributed by atoms with Crippen molar-refractivity contribution in [3.63, 3.8) is 0 Å². The van der Waals surface area contributed by atoms with Gasteiger partial charge in [-0.3, -0.25) is 19.5 Å². The van der Waals surface area contributed by atoms with Crippen LogP contribution in [-0.2, 0) is 11.2 Å². The summed E-state index contributed by atoms with van der Waals surface area (Å²) in [6, 6.07) is 13.2. The molecule has 0 aliphatic rings. The third kappa shape index (κ3) is 5.63. The lowest BCUT2D eigenvalue weighted by Gasteiger charge is -2.16. The Morgan fingerprint density at radius 3 is 2.72 bits per heavy atom. The molecule has 0 atom stereocenters. The summed E-state index contributed by atoms with van der Waals surface area (Å²) >= 11 is 0. The van der Waals surface area contributed by atoms with E-state index in [4.69, 9.17) is 0 Å². The molecule has 0 spiro atoms. The number of hydrogen-bond donors (Lipinski definition) is 2. The fraction of sp³-hybridized carbons (Fsp3) is 0.259. The zero-order valence-electron chi connectivity index (χ0n) is 20.4. The Bertz CT molecular complexity index is 1360. The molecule has 4 aromatic rings. The number of anilines is 2. The number of pyridine rings is 2. The van der Waals surface area contributed by atoms with E-state index in [1.165, 1.54) is 6.33 Å². The van der Waals surface area contributed by atoms with Crippen molar-refractivity contribution in [3.8, 4) is 11.3 Å². The number of nitrogens with zero attached hydrogens (tertiary/aromatic N) is 5. The molecule has 9 nitrogen and oxygen atoms in total. The molecule has 0 saturated heterocycles. The maximum Gasteiger partial charge on any atom is 0.251 e. The summed E-state index contributed by atoms with van der Waals surface area (Å²) in [5, 5.41) is 6.86. The Balaban J connectivity index is 1.48. The van der Waals surface area contributed by atoms with Gasteiger partial charge in [-0.25, -0.2) is 15.0 Å². The Morgan fingerprint density at radius 2 is 1.92 bits per heavy atom. The van der Waals surface area contributed by atoms with E-state index in [-0.39, 0.29) is 5.91 Å². The van der Waals surface area contributed by atoms with Crippen LogP contribution in [0.5, 0.6) is 0 Å². The SMILES string of the molecule is CCCCN(C=O)c1cc(-c2cc(NCCc3cccc4c(C(=O)NC)ccnc34)ncn2)ccn1. The van der Waals surface area contributed by atoms with Crippen LogP contribution in [0, 0.1) is 0 Å². The van der Waals surface area contributed by atoms with E-state index in [0.29, 0.717) is 36.7 Å². The van der Waals surface area contributed by atoms with Crippen LogP contribution in [0.4, 0.5) is 11.6 Å². The average Bonchev–Trinajstić information content (AvgIpc) is 2.93. The first-order valence-corrected chi connectivity index (χ1v) is 12.0. The number of rotatable bonds is 11. The summed E-state index contributed by atoms with van der Waals surface area (Å²) in [7, 11) is 1.62. The molecule has 0 fully saturated rings. The van der Waals surface area contributed by atoms with Gasteiger partial charge in [0.05, 0.1) is 16.8 Å². The molecule has 0 saturated carbocycles. The predicted molar refractivity (Wildman–Crippen MR) is 141 cm³/mol. The molecule has 0 unspecified atom stereocenters. The third-order valence-electron chi connectivity index (χ3n) is 5.91. The van der Waals surface area contributed by atoms with Gasteiger partial charge in [0, 0.05) is 49.5 Å². The minimum Gasteiger partial charge on any atom is -0.370 e. The quantitative estimate of drug-likeness (QED) is 0.311. The Hall–Kier alpha value is -4.40. The maximum atomic E-state index is 12.2. The van der Waals surface area contributed by atoms with Gasteiger partial charge in [-0.1, -0.05) is 31.5 Å². The van der Waals surface area contributed by atoms with E-state index in [2.05, 4.69) is 37.5 Å². The van der Waals surface area contributed by atoms with Crippen LogP contribution in [-0.4, -0.2) is 52.4 Å². The van der Waals surface area contributed by atoms with Gasteiger partial charge in [0.25, 0.3) is 5.91 Å². The summed E-state index contributed by atoms with van der Waals surface area (Å²) in [5.74, 6) is 1.16. The van der Waals surface area contributed by atoms with Crippen molar-refractivity contribution in [3.05, 3.63) is 72.3 Å². The molecule has 0 radical (unpaired) electrons. The largest absolute Gasteiger partial charge is 0.370 e. The number of benzene rings is 1. The van der Waals surface area contributed by atoms with Crippen LogP contribution in [0.1, 0.15) is 35.7 Å². The van der Waals surface area contributed by atoms with Gasteiger partial charge in [-0.2, -0.15) is 0 Å². The van der Waals surface area contributed by atoms with E-state index >= 15 is 0 Å². The normalized spacial score (nSPS) is 10.7. The van der Waals surface area contributed by atoms with Gasteiger partial charge < -0.3 is 10.6 Å². The second kappa shape index (κ2) is 11.8. The van der Waals surface area contributed by atoms with Crippen molar-refractivity contribution >= 4 is 34.9 Å². The molecule has 0 bridgehead atoms. The van der Waals surface area contributed by atoms with Crippen molar-refractivity contribution in [2.75, 3.05) is 30.4 Å². The molecular weight excluding hydrogens is 454 g/mol. The maximum absolute atomic E-state index is 12.2. The van der Waals surface area contributed by atoms with Crippen LogP contribution in [0.15, 0.2) is 61.2 Å². The van der Waals surface area contributed by atoms with Gasteiger partial charge in [-0.05, 0) is 36.6 Å². The van der Waals surface area contributed by atoms with Crippen molar-refractivity contribution in [2.45, 2.75) is 26.2 Å². The first kappa shape index (κ1) is 24.7. The molecule has 2 N–H and O–H groups in total. The fourth-order valence-corrected chi connectivity index (χ4v) is 3.99. The minimum absolute atomic E-state index is 0.132. The smallest absolute Gasteiger partial charge is 0.251 e. The number of fused-ring (bicyclic) bond motifs is 1. The Morgan fingerprint density at radius 1 is 1.06 bits per heavy atom. The van der Waals surface area contributed by atoms with Crippen LogP contribution < -0.4 is 15.5 Å². The summed E-state index contributed by atoms with van der Waals surface area (Å²) < 4.78 is 0. The molecule has 3 heterocycles. The first-order valence-electron chi connectivity index (χ1n) is 12.0. The number of para-hydroxylation sites is 1. The molecule has 36 heavy (non-hydrogen) atoms. The predicted octanol–water partition coefficient (Wildman–Crippen LogP) is 3.86. The molecule has 0 aliphatic carbocycles. The van der Waals surface area contributed by atoms with Gasteiger partial charge in [-0.15, -0.1) is 0 Å². The standard InChI is InChI=1S/C27H29N7O2/c1-3-4-14-34(18-35)25-15-20(9-12-30-25)23-16-24(33-17-32-23)29-11-8-19-6-5-7-21-22(27(36)28-2)10-13-31-26(19)21/h5-7,9-10,12-13,15-18H,3-4,8,11,14H2,1-2H3,(H,28,36)(H,29,32,33). The second-order valence-electron chi connectivity index (χ2n) is 8.27. The van der Waals surface area contributed by atoms with Crippen LogP contribution >= 0.6 is 0 Å². The lowest BCUT2D eigenvalue weighted by Crippen LogP contribution is -2.23. The summed E-state index contributed by atoms with van der Waals surface area (Å²) in [6.07, 6.45) is 8.28. The molecule has 0 aliphatic heterocycles. The van der Waals surface area contributed by atoms with Crippen molar-refractivity contribution in [2.24, 2.45) is 0 Å². The van der Waals surface area contributed by atoms with E-state index in [1.54, 1.807) is 30.4 Å². The molecule has 9 heteroatoms. The van der Waals surface area contributed by atoms with Gasteiger partial charge in [0.1, 0.15) is 18.0 Å². The van der Waals surface area contributed by atoms with Gasteiger partial charge >= 0.3 is 0 Å². The monoisotopic (exact) mass is 483 g/mol. The third-order valence-corrected chi connectivity index (χ3v) is 5.91. The molecule has 2 amide bonds. The topological polar surface area (TPSA) is 113 Å². The number of aromatic nitrogens is 4. The number of unbranched alkanes of at least 4 members (excludes halogenated alkanes) is 1. The molecule has 3 aromatic heterocycles. The zero-order valence-corrected chi connectivity index (χ0v) is 20.4. The van der Waals surface area contributed by atoms with E-state index in [9.17, 15) is 9.59 Å². The van der Waals surface area contributed by atoms with Gasteiger partial charge in [0.2, 0.25) is 6.41 Å². The summed E-state index contributed by atoms with van der Waals surface area (Å²) in [5.41, 5.74) is 4.06. The highest BCUT2D eigenvalue weighted by molar-refractivity contribution is 6.06. The fourth-order valence-electron chi connectivity index (χ4n) is 3.99. The zero-order chi connectivity index (χ0) is 25.3. The molecule has 184 valence electrons. The molecule has 1 aromatic carbocycles. The lowest BCUT2D eigenvalue weighted by atomic mass is 10.0. The van der Waals surface area contributed by atoms with E-state index < -0.39 is 0 Å². The van der Waals surface area contributed by atoms with Crippen molar-refractivity contribution < 1.29 is 9.59 Å². The average molecular weight is 484 g/mol. The van der Waals surface area contributed by atoms with Crippen LogP contribution in [0.2, 0.25) is 0 Å². The van der Waals surface area contributed by atoms with Crippen molar-refractivity contribution in [1.82, 2.24) is 25.3 Å². The van der Waals surface area contributed by atoms with Crippen molar-refractivity contribution in [1.29, 1.82) is 0 Å². The summed E-state index contributed by atoms with van der Waals surface area (Å²) in [4.78, 5) is 43.0. The first-order chi connectivity index (χ1) is 17.6. The van der Waals surface area contributed by atoms with E-state index in [0.717, 1.165) is 47.0 Å². The highest BCUT2D eigenvalue weighted by Gasteiger charge is 2.12. The number of amides is 2. The lowest BCUT2D eigenvalue weighted by molar-refractivity contribution is -0.107. The number of nitrogens with one attached hydrogen (secondary N) is 2. The minimum atomic E-state index is -0.132. The highest BCUT2D eigenvalue weighted by Crippen LogP contribution is 2.23. The second-order valence-corrected chi connectivity index (χ2v) is 8.27. The van der Waals surface area contributed by atoms with Crippen LogP contribution in [0.3, 0.4) is 0 Å². The number of hydrogen-bond acceptors (Lipinski definition) is 7. The van der Waals surface area contributed by atoms with Gasteiger partial charge in [0.15, 0.2) is 0 Å². The van der Waals surface area contributed by atoms with E-state index in [1.807, 2.05) is 36.4 Å². The highest BCUT2D eigenvalue weighted by atomic mass is 16.1. The molecular formula is C27H29N7O2. The number of carbonyl (C=O) groups is 2.